The van der Waals surface area contributed by atoms with Gasteiger partial charge in [0.05, 0.1) is 21.5 Å². The summed E-state index contributed by atoms with van der Waals surface area (Å²) in [6, 6.07) is 3.04. The zero-order valence-electron chi connectivity index (χ0n) is 11.5. The van der Waals surface area contributed by atoms with E-state index in [1.165, 1.54) is 0 Å². The van der Waals surface area contributed by atoms with Gasteiger partial charge in [0, 0.05) is 25.2 Å². The fraction of sp³-hybridized carbons (Fsp3) is 0.462. The van der Waals surface area contributed by atoms with Crippen LogP contribution in [0.2, 0.25) is 0 Å². The van der Waals surface area contributed by atoms with Crippen molar-refractivity contribution in [2.45, 2.75) is 19.8 Å². The van der Waals surface area contributed by atoms with Crippen LogP contribution in [0.1, 0.15) is 30.1 Å². The van der Waals surface area contributed by atoms with Crippen molar-refractivity contribution in [3.63, 3.8) is 0 Å². The first-order valence-electron chi connectivity index (χ1n) is 6.61. The number of likely N-dealkylation sites (tertiary alicyclic amines) is 1. The molecular weight excluding hydrogens is 278 g/mol. The number of non-ortho nitro benzene ring substituents is 2. The Morgan fingerprint density at radius 3 is 2.00 bits per heavy atom. The summed E-state index contributed by atoms with van der Waals surface area (Å²) in [6.45, 7) is 3.23. The number of nitro groups is 2. The fourth-order valence-electron chi connectivity index (χ4n) is 2.32. The minimum absolute atomic E-state index is 0.00884. The second kappa shape index (κ2) is 5.86. The van der Waals surface area contributed by atoms with Gasteiger partial charge in [0.15, 0.2) is 0 Å². The van der Waals surface area contributed by atoms with E-state index in [1.807, 2.05) is 0 Å². The zero-order chi connectivity index (χ0) is 15.6. The minimum atomic E-state index is -0.734. The molecule has 1 heterocycles. The van der Waals surface area contributed by atoms with Gasteiger partial charge in [-0.25, -0.2) is 0 Å². The lowest BCUT2D eigenvalue weighted by Gasteiger charge is -2.30. The van der Waals surface area contributed by atoms with Gasteiger partial charge in [0.1, 0.15) is 0 Å². The molecule has 1 aliphatic rings. The molecule has 0 atom stereocenters. The second-order valence-corrected chi connectivity index (χ2v) is 5.23. The molecule has 2 rings (SSSR count). The zero-order valence-corrected chi connectivity index (χ0v) is 11.5. The predicted molar refractivity (Wildman–Crippen MR) is 74.1 cm³/mol. The first-order valence-corrected chi connectivity index (χ1v) is 6.61. The van der Waals surface area contributed by atoms with Gasteiger partial charge >= 0.3 is 0 Å². The Bertz CT molecular complexity index is 561. The van der Waals surface area contributed by atoms with E-state index in [9.17, 15) is 25.0 Å². The quantitative estimate of drug-likeness (QED) is 0.628. The highest BCUT2D eigenvalue weighted by molar-refractivity contribution is 5.95. The average Bonchev–Trinajstić information content (AvgIpc) is 2.46. The van der Waals surface area contributed by atoms with E-state index in [2.05, 4.69) is 6.92 Å². The average molecular weight is 293 g/mol. The molecule has 1 aromatic carbocycles. The van der Waals surface area contributed by atoms with Crippen LogP contribution in [0, 0.1) is 26.1 Å². The van der Waals surface area contributed by atoms with E-state index < -0.39 is 27.1 Å². The highest BCUT2D eigenvalue weighted by Gasteiger charge is 2.25. The molecule has 1 fully saturated rings. The normalized spacial score (nSPS) is 15.8. The number of nitro benzene ring substituents is 2. The van der Waals surface area contributed by atoms with Crippen LogP contribution < -0.4 is 0 Å². The summed E-state index contributed by atoms with van der Waals surface area (Å²) in [4.78, 5) is 34.1. The Labute approximate surface area is 120 Å². The Morgan fingerprint density at radius 1 is 1.10 bits per heavy atom. The third kappa shape index (κ3) is 3.33. The molecule has 8 heteroatoms. The molecule has 1 aliphatic heterocycles. The van der Waals surface area contributed by atoms with E-state index in [-0.39, 0.29) is 5.56 Å². The summed E-state index contributed by atoms with van der Waals surface area (Å²) < 4.78 is 0. The number of carbonyl (C=O) groups excluding carboxylic acids is 1. The molecule has 0 radical (unpaired) electrons. The molecule has 0 aliphatic carbocycles. The van der Waals surface area contributed by atoms with Gasteiger partial charge in [0.2, 0.25) is 0 Å². The Morgan fingerprint density at radius 2 is 1.57 bits per heavy atom. The summed E-state index contributed by atoms with van der Waals surface area (Å²) in [6.07, 6.45) is 1.73. The number of benzene rings is 1. The van der Waals surface area contributed by atoms with E-state index in [0.717, 1.165) is 31.0 Å². The van der Waals surface area contributed by atoms with Gasteiger partial charge in [-0.1, -0.05) is 6.92 Å². The largest absolute Gasteiger partial charge is 0.339 e. The van der Waals surface area contributed by atoms with Gasteiger partial charge < -0.3 is 4.90 Å². The lowest BCUT2D eigenvalue weighted by atomic mass is 9.98. The molecule has 0 aromatic heterocycles. The van der Waals surface area contributed by atoms with Crippen molar-refractivity contribution >= 4 is 17.3 Å². The molecule has 0 spiro atoms. The van der Waals surface area contributed by atoms with E-state index >= 15 is 0 Å². The topological polar surface area (TPSA) is 107 Å². The van der Waals surface area contributed by atoms with Crippen LogP contribution >= 0.6 is 0 Å². The number of hydrogen-bond donors (Lipinski definition) is 0. The van der Waals surface area contributed by atoms with Gasteiger partial charge in [-0.15, -0.1) is 0 Å². The molecule has 8 nitrogen and oxygen atoms in total. The molecule has 1 saturated heterocycles. The van der Waals surface area contributed by atoms with Crippen molar-refractivity contribution in [2.24, 2.45) is 5.92 Å². The third-order valence-corrected chi connectivity index (χ3v) is 3.64. The number of rotatable bonds is 3. The lowest BCUT2D eigenvalue weighted by Crippen LogP contribution is -2.37. The van der Waals surface area contributed by atoms with Crippen LogP contribution in [-0.2, 0) is 0 Å². The summed E-state index contributed by atoms with van der Waals surface area (Å²) in [5.74, 6) is 0.141. The monoisotopic (exact) mass is 293 g/mol. The number of hydrogen-bond acceptors (Lipinski definition) is 5. The van der Waals surface area contributed by atoms with Gasteiger partial charge in [-0.05, 0) is 18.8 Å². The molecule has 0 saturated carbocycles. The Hall–Kier alpha value is -2.51. The van der Waals surface area contributed by atoms with Crippen molar-refractivity contribution in [2.75, 3.05) is 13.1 Å². The van der Waals surface area contributed by atoms with Crippen molar-refractivity contribution < 1.29 is 14.6 Å². The highest BCUT2D eigenvalue weighted by atomic mass is 16.6. The smallest absolute Gasteiger partial charge is 0.277 e. The minimum Gasteiger partial charge on any atom is -0.339 e. The van der Waals surface area contributed by atoms with Gasteiger partial charge in [0.25, 0.3) is 17.3 Å². The number of carbonyl (C=O) groups is 1. The van der Waals surface area contributed by atoms with Crippen molar-refractivity contribution in [3.05, 3.63) is 44.0 Å². The van der Waals surface area contributed by atoms with Crippen LogP contribution in [0.3, 0.4) is 0 Å². The van der Waals surface area contributed by atoms with Crippen LogP contribution in [0.4, 0.5) is 11.4 Å². The molecule has 0 N–H and O–H groups in total. The Kier molecular flexibility index (Phi) is 4.15. The summed E-state index contributed by atoms with van der Waals surface area (Å²) >= 11 is 0. The molecule has 1 amide bonds. The third-order valence-electron chi connectivity index (χ3n) is 3.64. The highest BCUT2D eigenvalue weighted by Crippen LogP contribution is 2.25. The first-order chi connectivity index (χ1) is 9.88. The Balaban J connectivity index is 2.31. The first kappa shape index (κ1) is 14.9. The maximum atomic E-state index is 12.3. The van der Waals surface area contributed by atoms with Crippen molar-refractivity contribution in [3.8, 4) is 0 Å². The number of piperidine rings is 1. The maximum absolute atomic E-state index is 12.3. The second-order valence-electron chi connectivity index (χ2n) is 5.23. The number of nitrogens with zero attached hydrogens (tertiary/aromatic N) is 3. The molecule has 0 bridgehead atoms. The van der Waals surface area contributed by atoms with E-state index in [1.54, 1.807) is 4.90 Å². The molecule has 0 unspecified atom stereocenters. The van der Waals surface area contributed by atoms with E-state index in [0.29, 0.717) is 19.0 Å². The molecule has 21 heavy (non-hydrogen) atoms. The maximum Gasteiger partial charge on any atom is 0.277 e. The molecule has 1 aromatic rings. The van der Waals surface area contributed by atoms with Crippen molar-refractivity contribution in [1.82, 2.24) is 4.90 Å². The lowest BCUT2D eigenvalue weighted by molar-refractivity contribution is -0.394. The SMILES string of the molecule is CC1CCN(C(=O)c2cc([N+](=O)[O-])cc([N+](=O)[O-])c2)CC1. The fourth-order valence-corrected chi connectivity index (χ4v) is 2.32. The van der Waals surface area contributed by atoms with Crippen LogP contribution in [-0.4, -0.2) is 33.7 Å². The van der Waals surface area contributed by atoms with Crippen LogP contribution in [0.5, 0.6) is 0 Å². The van der Waals surface area contributed by atoms with Crippen molar-refractivity contribution in [1.29, 1.82) is 0 Å². The summed E-state index contributed by atoms with van der Waals surface area (Å²) in [5, 5.41) is 21.7. The van der Waals surface area contributed by atoms with Crippen LogP contribution in [0.15, 0.2) is 18.2 Å². The van der Waals surface area contributed by atoms with Gasteiger partial charge in [-0.2, -0.15) is 0 Å². The molecular formula is C13H15N3O5. The summed E-state index contributed by atoms with van der Waals surface area (Å²) in [7, 11) is 0. The molecule has 112 valence electrons. The number of amides is 1. The predicted octanol–water partition coefficient (Wildman–Crippen LogP) is 2.38. The standard InChI is InChI=1S/C13H15N3O5/c1-9-2-4-14(5-3-9)13(17)10-6-11(15(18)19)8-12(7-10)16(20)21/h6-9H,2-5H2,1H3. The van der Waals surface area contributed by atoms with Gasteiger partial charge in [-0.3, -0.25) is 25.0 Å². The van der Waals surface area contributed by atoms with E-state index in [4.69, 9.17) is 0 Å². The van der Waals surface area contributed by atoms with Crippen LogP contribution in [0.25, 0.3) is 0 Å². The summed E-state index contributed by atoms with van der Waals surface area (Å²) in [5.41, 5.74) is -0.902.